The molecule has 0 radical (unpaired) electrons. The Morgan fingerprint density at radius 3 is 3.25 bits per heavy atom. The van der Waals surface area contributed by atoms with Gasteiger partial charge in [0.1, 0.15) is 0 Å². The molecule has 16 heavy (non-hydrogen) atoms. The molecule has 0 bridgehead atoms. The maximum absolute atomic E-state index is 12.2. The molecule has 0 amide bonds. The number of nitrogens with one attached hydrogen (secondary N) is 1. The Morgan fingerprint density at radius 2 is 2.56 bits per heavy atom. The van der Waals surface area contributed by atoms with Crippen molar-refractivity contribution >= 4 is 5.78 Å². The maximum Gasteiger partial charge on any atom is 0.202 e. The van der Waals surface area contributed by atoms with E-state index in [0.29, 0.717) is 5.82 Å². The summed E-state index contributed by atoms with van der Waals surface area (Å²) in [5.41, 5.74) is 0. The van der Waals surface area contributed by atoms with Crippen molar-refractivity contribution in [1.82, 2.24) is 14.9 Å². The van der Waals surface area contributed by atoms with E-state index >= 15 is 0 Å². The Labute approximate surface area is 96.1 Å². The SMILES string of the molecule is CCCn1ccnc1C(=O)C1CCCNC1. The van der Waals surface area contributed by atoms with E-state index < -0.39 is 0 Å². The van der Waals surface area contributed by atoms with Crippen molar-refractivity contribution in [2.45, 2.75) is 32.7 Å². The fourth-order valence-electron chi connectivity index (χ4n) is 2.21. The number of aryl methyl sites for hydroxylation is 1. The lowest BCUT2D eigenvalue weighted by Gasteiger charge is -2.21. The first-order valence-corrected chi connectivity index (χ1v) is 6.09. The molecule has 1 unspecified atom stereocenters. The summed E-state index contributed by atoms with van der Waals surface area (Å²) in [4.78, 5) is 16.4. The van der Waals surface area contributed by atoms with E-state index in [1.54, 1.807) is 6.20 Å². The summed E-state index contributed by atoms with van der Waals surface area (Å²) >= 11 is 0. The van der Waals surface area contributed by atoms with Gasteiger partial charge in [-0.15, -0.1) is 0 Å². The van der Waals surface area contributed by atoms with Crippen molar-refractivity contribution in [2.24, 2.45) is 5.92 Å². The molecule has 4 nitrogen and oxygen atoms in total. The lowest BCUT2D eigenvalue weighted by Crippen LogP contribution is -2.35. The summed E-state index contributed by atoms with van der Waals surface area (Å²) in [5.74, 6) is 0.952. The number of ketones is 1. The van der Waals surface area contributed by atoms with E-state index in [4.69, 9.17) is 0 Å². The van der Waals surface area contributed by atoms with E-state index in [1.807, 2.05) is 10.8 Å². The molecule has 1 aromatic heterocycles. The number of hydrogen-bond donors (Lipinski definition) is 1. The van der Waals surface area contributed by atoms with Crippen molar-refractivity contribution in [3.05, 3.63) is 18.2 Å². The largest absolute Gasteiger partial charge is 0.329 e. The van der Waals surface area contributed by atoms with Gasteiger partial charge in [0.15, 0.2) is 5.82 Å². The number of nitrogens with zero attached hydrogens (tertiary/aromatic N) is 2. The first-order chi connectivity index (χ1) is 7.83. The van der Waals surface area contributed by atoms with Gasteiger partial charge in [-0.3, -0.25) is 4.79 Å². The van der Waals surface area contributed by atoms with Gasteiger partial charge in [0.05, 0.1) is 0 Å². The van der Waals surface area contributed by atoms with Gasteiger partial charge in [-0.1, -0.05) is 6.92 Å². The Hall–Kier alpha value is -1.16. The fraction of sp³-hybridized carbons (Fsp3) is 0.667. The van der Waals surface area contributed by atoms with Crippen molar-refractivity contribution in [2.75, 3.05) is 13.1 Å². The molecule has 1 saturated heterocycles. The average molecular weight is 221 g/mol. The van der Waals surface area contributed by atoms with Crippen LogP contribution in [0.4, 0.5) is 0 Å². The highest BCUT2D eigenvalue weighted by Crippen LogP contribution is 2.15. The molecule has 2 heterocycles. The summed E-state index contributed by atoms with van der Waals surface area (Å²) in [7, 11) is 0. The van der Waals surface area contributed by atoms with Gasteiger partial charge >= 0.3 is 0 Å². The van der Waals surface area contributed by atoms with Crippen LogP contribution >= 0.6 is 0 Å². The van der Waals surface area contributed by atoms with Crippen LogP contribution < -0.4 is 5.32 Å². The predicted molar refractivity (Wildman–Crippen MR) is 62.4 cm³/mol. The Balaban J connectivity index is 2.09. The van der Waals surface area contributed by atoms with E-state index in [-0.39, 0.29) is 11.7 Å². The molecule has 1 atom stereocenters. The quantitative estimate of drug-likeness (QED) is 0.783. The molecule has 88 valence electrons. The third-order valence-corrected chi connectivity index (χ3v) is 3.07. The normalized spacial score (nSPS) is 20.9. The number of piperidine rings is 1. The van der Waals surface area contributed by atoms with Crippen LogP contribution in [0.1, 0.15) is 36.8 Å². The second-order valence-corrected chi connectivity index (χ2v) is 4.35. The van der Waals surface area contributed by atoms with E-state index in [1.165, 1.54) is 0 Å². The topological polar surface area (TPSA) is 46.9 Å². The minimum Gasteiger partial charge on any atom is -0.329 e. The van der Waals surface area contributed by atoms with Gasteiger partial charge in [-0.25, -0.2) is 4.98 Å². The summed E-state index contributed by atoms with van der Waals surface area (Å²) in [6.45, 7) is 4.82. The zero-order valence-corrected chi connectivity index (χ0v) is 9.78. The number of hydrogen-bond acceptors (Lipinski definition) is 3. The van der Waals surface area contributed by atoms with E-state index in [2.05, 4.69) is 17.2 Å². The van der Waals surface area contributed by atoms with Gasteiger partial charge in [-0.05, 0) is 25.8 Å². The number of aromatic nitrogens is 2. The molecule has 1 aromatic rings. The number of rotatable bonds is 4. The van der Waals surface area contributed by atoms with Gasteiger partial charge in [-0.2, -0.15) is 0 Å². The van der Waals surface area contributed by atoms with Crippen LogP contribution in [0.25, 0.3) is 0 Å². The number of carbonyl (C=O) groups is 1. The lowest BCUT2D eigenvalue weighted by atomic mass is 9.94. The molecule has 2 rings (SSSR count). The van der Waals surface area contributed by atoms with Gasteiger partial charge in [0.25, 0.3) is 0 Å². The van der Waals surface area contributed by atoms with Crippen LogP contribution in [0.2, 0.25) is 0 Å². The highest BCUT2D eigenvalue weighted by Gasteiger charge is 2.25. The predicted octanol–water partition coefficient (Wildman–Crippen LogP) is 1.48. The summed E-state index contributed by atoms with van der Waals surface area (Å²) in [6.07, 6.45) is 6.72. The average Bonchev–Trinajstić information content (AvgIpc) is 2.78. The summed E-state index contributed by atoms with van der Waals surface area (Å²) in [5, 5.41) is 3.27. The lowest BCUT2D eigenvalue weighted by molar-refractivity contribution is 0.0884. The van der Waals surface area contributed by atoms with Gasteiger partial charge in [0.2, 0.25) is 5.78 Å². The third-order valence-electron chi connectivity index (χ3n) is 3.07. The van der Waals surface area contributed by atoms with Crippen molar-refractivity contribution in [1.29, 1.82) is 0 Å². The molecule has 1 aliphatic heterocycles. The Morgan fingerprint density at radius 1 is 1.69 bits per heavy atom. The van der Waals surface area contributed by atoms with Crippen LogP contribution in [-0.4, -0.2) is 28.4 Å². The molecule has 1 aliphatic rings. The molecule has 0 spiro atoms. The maximum atomic E-state index is 12.2. The standard InChI is InChI=1S/C12H19N3O/c1-2-7-15-8-6-14-12(15)11(16)10-4-3-5-13-9-10/h6,8,10,13H,2-5,7,9H2,1H3. The second kappa shape index (κ2) is 5.25. The second-order valence-electron chi connectivity index (χ2n) is 4.35. The number of imidazole rings is 1. The molecular formula is C12H19N3O. The highest BCUT2D eigenvalue weighted by molar-refractivity contribution is 5.95. The smallest absolute Gasteiger partial charge is 0.202 e. The highest BCUT2D eigenvalue weighted by atomic mass is 16.1. The Kier molecular flexibility index (Phi) is 3.72. The number of Topliss-reactive ketones (excluding diaryl/α,β-unsaturated/α-hetero) is 1. The first-order valence-electron chi connectivity index (χ1n) is 6.09. The molecule has 0 aromatic carbocycles. The fourth-order valence-corrected chi connectivity index (χ4v) is 2.21. The minimum atomic E-state index is 0.117. The Bertz CT molecular complexity index is 353. The van der Waals surface area contributed by atoms with E-state index in [0.717, 1.165) is 38.9 Å². The summed E-state index contributed by atoms with van der Waals surface area (Å²) in [6, 6.07) is 0. The van der Waals surface area contributed by atoms with Crippen LogP contribution in [-0.2, 0) is 6.54 Å². The van der Waals surface area contributed by atoms with Crippen molar-refractivity contribution in [3.63, 3.8) is 0 Å². The molecule has 1 N–H and O–H groups in total. The zero-order valence-electron chi connectivity index (χ0n) is 9.78. The summed E-state index contributed by atoms with van der Waals surface area (Å²) < 4.78 is 1.97. The molecule has 0 aliphatic carbocycles. The third kappa shape index (κ3) is 2.32. The molecule has 1 fully saturated rings. The van der Waals surface area contributed by atoms with Crippen LogP contribution in [0, 0.1) is 5.92 Å². The minimum absolute atomic E-state index is 0.117. The van der Waals surface area contributed by atoms with Crippen LogP contribution in [0.5, 0.6) is 0 Å². The van der Waals surface area contributed by atoms with Gasteiger partial charge < -0.3 is 9.88 Å². The number of carbonyl (C=O) groups excluding carboxylic acids is 1. The van der Waals surface area contributed by atoms with Crippen LogP contribution in [0.3, 0.4) is 0 Å². The zero-order chi connectivity index (χ0) is 11.4. The van der Waals surface area contributed by atoms with E-state index in [9.17, 15) is 4.79 Å². The van der Waals surface area contributed by atoms with Crippen molar-refractivity contribution < 1.29 is 4.79 Å². The first kappa shape index (κ1) is 11.3. The van der Waals surface area contributed by atoms with Crippen LogP contribution in [0.15, 0.2) is 12.4 Å². The molecule has 0 saturated carbocycles. The molecule has 4 heteroatoms. The molecular weight excluding hydrogens is 202 g/mol. The monoisotopic (exact) mass is 221 g/mol. The van der Waals surface area contributed by atoms with Gasteiger partial charge in [0, 0.05) is 31.4 Å². The van der Waals surface area contributed by atoms with Crippen molar-refractivity contribution in [3.8, 4) is 0 Å².